The molecule has 0 saturated carbocycles. The Morgan fingerprint density at radius 3 is 2.95 bits per heavy atom. The SMILES string of the molecule is CS[C@H](C)CNC(=O)N1CC[C@H](N(C)Cc2ncccn2)C1. The van der Waals surface area contributed by atoms with Crippen LogP contribution in [0, 0.1) is 0 Å². The average molecular weight is 323 g/mol. The minimum atomic E-state index is 0.0489. The quantitative estimate of drug-likeness (QED) is 0.858. The zero-order valence-electron chi connectivity index (χ0n) is 13.5. The Hall–Kier alpha value is -1.34. The molecule has 22 heavy (non-hydrogen) atoms. The van der Waals surface area contributed by atoms with Crippen LogP contribution in [0.3, 0.4) is 0 Å². The minimum absolute atomic E-state index is 0.0489. The van der Waals surface area contributed by atoms with Gasteiger partial charge in [-0.3, -0.25) is 4.90 Å². The first-order chi connectivity index (χ1) is 10.6. The number of thioether (sulfide) groups is 1. The van der Waals surface area contributed by atoms with E-state index in [9.17, 15) is 4.79 Å². The topological polar surface area (TPSA) is 61.4 Å². The highest BCUT2D eigenvalue weighted by Gasteiger charge is 2.29. The Bertz CT molecular complexity index is 472. The van der Waals surface area contributed by atoms with E-state index in [1.165, 1.54) is 0 Å². The second-order valence-electron chi connectivity index (χ2n) is 5.70. The first kappa shape index (κ1) is 17.0. The lowest BCUT2D eigenvalue weighted by molar-refractivity contribution is 0.196. The molecule has 0 spiro atoms. The number of amides is 2. The van der Waals surface area contributed by atoms with E-state index >= 15 is 0 Å². The largest absolute Gasteiger partial charge is 0.337 e. The summed E-state index contributed by atoms with van der Waals surface area (Å²) in [4.78, 5) is 24.8. The molecule has 1 saturated heterocycles. The van der Waals surface area contributed by atoms with Crippen LogP contribution in [-0.4, -0.2) is 70.0 Å². The number of likely N-dealkylation sites (N-methyl/N-ethyl adjacent to an activating group) is 1. The molecule has 6 nitrogen and oxygen atoms in total. The van der Waals surface area contributed by atoms with Crippen LogP contribution in [0.15, 0.2) is 18.5 Å². The molecule has 1 N–H and O–H groups in total. The van der Waals surface area contributed by atoms with Crippen LogP contribution in [-0.2, 0) is 6.54 Å². The van der Waals surface area contributed by atoms with E-state index in [0.717, 1.165) is 31.9 Å². The predicted octanol–water partition coefficient (Wildman–Crippen LogP) is 1.44. The van der Waals surface area contributed by atoms with E-state index in [1.807, 2.05) is 11.0 Å². The van der Waals surface area contributed by atoms with Gasteiger partial charge in [-0.05, 0) is 25.8 Å². The van der Waals surface area contributed by atoms with Crippen LogP contribution < -0.4 is 5.32 Å². The fourth-order valence-electron chi connectivity index (χ4n) is 2.48. The fourth-order valence-corrected chi connectivity index (χ4v) is 2.73. The summed E-state index contributed by atoms with van der Waals surface area (Å²) in [6.45, 7) is 5.12. The maximum atomic E-state index is 12.2. The lowest BCUT2D eigenvalue weighted by Crippen LogP contribution is -2.42. The van der Waals surface area contributed by atoms with Gasteiger partial charge in [0, 0.05) is 43.3 Å². The van der Waals surface area contributed by atoms with Crippen molar-refractivity contribution in [2.24, 2.45) is 0 Å². The highest BCUT2D eigenvalue weighted by molar-refractivity contribution is 7.99. The van der Waals surface area contributed by atoms with E-state index in [0.29, 0.717) is 17.8 Å². The maximum Gasteiger partial charge on any atom is 0.317 e. The second kappa shape index (κ2) is 8.33. The summed E-state index contributed by atoms with van der Waals surface area (Å²) in [5.41, 5.74) is 0. The summed E-state index contributed by atoms with van der Waals surface area (Å²) < 4.78 is 0. The molecule has 0 aromatic carbocycles. The van der Waals surface area contributed by atoms with Gasteiger partial charge in [-0.15, -0.1) is 0 Å². The molecule has 2 atom stereocenters. The van der Waals surface area contributed by atoms with Gasteiger partial charge in [-0.1, -0.05) is 6.92 Å². The van der Waals surface area contributed by atoms with E-state index in [4.69, 9.17) is 0 Å². The van der Waals surface area contributed by atoms with E-state index in [-0.39, 0.29) is 6.03 Å². The third kappa shape index (κ3) is 4.84. The number of carbonyl (C=O) groups is 1. The molecule has 0 radical (unpaired) electrons. The van der Waals surface area contributed by atoms with Crippen molar-refractivity contribution in [1.82, 2.24) is 25.1 Å². The standard InChI is InChI=1S/C15H25N5OS/c1-12(22-3)9-18-15(21)20-8-5-13(10-20)19(2)11-14-16-6-4-7-17-14/h4,6-7,12-13H,5,8-11H2,1-3H3,(H,18,21)/t12-,13+/m1/s1. The van der Waals surface area contributed by atoms with Crippen molar-refractivity contribution in [2.75, 3.05) is 32.9 Å². The molecule has 1 fully saturated rings. The first-order valence-electron chi connectivity index (χ1n) is 7.62. The Balaban J connectivity index is 1.78. The number of aromatic nitrogens is 2. The lowest BCUT2D eigenvalue weighted by atomic mass is 10.2. The monoisotopic (exact) mass is 323 g/mol. The average Bonchev–Trinajstić information content (AvgIpc) is 3.03. The zero-order chi connectivity index (χ0) is 15.9. The number of urea groups is 1. The van der Waals surface area contributed by atoms with Crippen molar-refractivity contribution < 1.29 is 4.79 Å². The van der Waals surface area contributed by atoms with Crippen LogP contribution in [0.2, 0.25) is 0 Å². The van der Waals surface area contributed by atoms with Gasteiger partial charge >= 0.3 is 6.03 Å². The number of likely N-dealkylation sites (tertiary alicyclic amines) is 1. The van der Waals surface area contributed by atoms with Crippen molar-refractivity contribution in [3.63, 3.8) is 0 Å². The Morgan fingerprint density at radius 1 is 1.55 bits per heavy atom. The van der Waals surface area contributed by atoms with Gasteiger partial charge in [0.15, 0.2) is 0 Å². The number of carbonyl (C=O) groups excluding carboxylic acids is 1. The molecule has 1 aromatic heterocycles. The molecule has 0 bridgehead atoms. The van der Waals surface area contributed by atoms with Crippen LogP contribution >= 0.6 is 11.8 Å². The summed E-state index contributed by atoms with van der Waals surface area (Å²) in [6, 6.07) is 2.24. The van der Waals surface area contributed by atoms with Crippen LogP contribution in [0.5, 0.6) is 0 Å². The number of hydrogen-bond donors (Lipinski definition) is 1. The zero-order valence-corrected chi connectivity index (χ0v) is 14.3. The van der Waals surface area contributed by atoms with Crippen molar-refractivity contribution >= 4 is 17.8 Å². The molecule has 2 heterocycles. The normalized spacial score (nSPS) is 19.5. The molecule has 0 aliphatic carbocycles. The summed E-state index contributed by atoms with van der Waals surface area (Å²) in [7, 11) is 2.07. The molecular formula is C15H25N5OS. The molecule has 122 valence electrons. The maximum absolute atomic E-state index is 12.2. The van der Waals surface area contributed by atoms with Gasteiger partial charge in [-0.25, -0.2) is 14.8 Å². The smallest absolute Gasteiger partial charge is 0.317 e. The van der Waals surface area contributed by atoms with Crippen molar-refractivity contribution in [2.45, 2.75) is 31.2 Å². The minimum Gasteiger partial charge on any atom is -0.337 e. The summed E-state index contributed by atoms with van der Waals surface area (Å²) >= 11 is 1.76. The number of rotatable bonds is 6. The number of nitrogens with one attached hydrogen (secondary N) is 1. The van der Waals surface area contributed by atoms with Crippen LogP contribution in [0.1, 0.15) is 19.2 Å². The van der Waals surface area contributed by atoms with E-state index in [2.05, 4.69) is 40.4 Å². The molecule has 7 heteroatoms. The van der Waals surface area contributed by atoms with Gasteiger partial charge < -0.3 is 10.2 Å². The highest BCUT2D eigenvalue weighted by Crippen LogP contribution is 2.16. The van der Waals surface area contributed by atoms with Gasteiger partial charge in [0.05, 0.1) is 6.54 Å². The Kier molecular flexibility index (Phi) is 6.45. The van der Waals surface area contributed by atoms with E-state index < -0.39 is 0 Å². The summed E-state index contributed by atoms with van der Waals surface area (Å²) in [6.07, 6.45) is 6.58. The molecule has 2 amide bonds. The molecule has 1 aromatic rings. The third-order valence-electron chi connectivity index (χ3n) is 4.03. The Labute approximate surface area is 136 Å². The summed E-state index contributed by atoms with van der Waals surface area (Å²) in [5.74, 6) is 0.821. The predicted molar refractivity (Wildman–Crippen MR) is 89.9 cm³/mol. The van der Waals surface area contributed by atoms with Crippen molar-refractivity contribution in [3.8, 4) is 0 Å². The Morgan fingerprint density at radius 2 is 2.27 bits per heavy atom. The lowest BCUT2D eigenvalue weighted by Gasteiger charge is -2.24. The molecule has 0 unspecified atom stereocenters. The molecule has 1 aliphatic rings. The van der Waals surface area contributed by atoms with E-state index in [1.54, 1.807) is 24.2 Å². The van der Waals surface area contributed by atoms with Crippen molar-refractivity contribution in [1.29, 1.82) is 0 Å². The molecule has 2 rings (SSSR count). The van der Waals surface area contributed by atoms with Gasteiger partial charge in [0.1, 0.15) is 5.82 Å². The first-order valence-corrected chi connectivity index (χ1v) is 8.90. The highest BCUT2D eigenvalue weighted by atomic mass is 32.2. The van der Waals surface area contributed by atoms with Crippen LogP contribution in [0.25, 0.3) is 0 Å². The fraction of sp³-hybridized carbons (Fsp3) is 0.667. The second-order valence-corrected chi connectivity index (χ2v) is 6.98. The van der Waals surface area contributed by atoms with Gasteiger partial charge in [0.2, 0.25) is 0 Å². The molecular weight excluding hydrogens is 298 g/mol. The summed E-state index contributed by atoms with van der Waals surface area (Å²) in [5, 5.41) is 3.45. The van der Waals surface area contributed by atoms with Crippen LogP contribution in [0.4, 0.5) is 4.79 Å². The number of nitrogens with zero attached hydrogens (tertiary/aromatic N) is 4. The van der Waals surface area contributed by atoms with Gasteiger partial charge in [0.25, 0.3) is 0 Å². The van der Waals surface area contributed by atoms with Crippen molar-refractivity contribution in [3.05, 3.63) is 24.3 Å². The molecule has 1 aliphatic heterocycles. The number of hydrogen-bond acceptors (Lipinski definition) is 5. The van der Waals surface area contributed by atoms with Gasteiger partial charge in [-0.2, -0.15) is 11.8 Å². The third-order valence-corrected chi connectivity index (χ3v) is 5.00.